The number of benzene rings is 1. The van der Waals surface area contributed by atoms with Crippen LogP contribution in [0.2, 0.25) is 0 Å². The fraction of sp³-hybridized carbons (Fsp3) is 0.538. The molecule has 1 heterocycles. The van der Waals surface area contributed by atoms with Gasteiger partial charge in [0, 0.05) is 25.8 Å². The average Bonchev–Trinajstić information content (AvgIpc) is 2.38. The molecule has 2 rings (SSSR count). The van der Waals surface area contributed by atoms with Crippen molar-refractivity contribution >= 4 is 11.4 Å². The molecule has 0 aliphatic carbocycles. The van der Waals surface area contributed by atoms with Crippen LogP contribution in [0.5, 0.6) is 0 Å². The molecule has 0 amide bonds. The Kier molecular flexibility index (Phi) is 4.15. The van der Waals surface area contributed by atoms with Gasteiger partial charge in [-0.05, 0) is 31.2 Å². The fourth-order valence-corrected chi connectivity index (χ4v) is 2.23. The van der Waals surface area contributed by atoms with Crippen LogP contribution in [0.1, 0.15) is 18.4 Å². The van der Waals surface area contributed by atoms with Crippen LogP contribution in [0.15, 0.2) is 18.2 Å². The summed E-state index contributed by atoms with van der Waals surface area (Å²) in [6, 6.07) is 5.14. The molecule has 98 valence electrons. The number of anilines is 1. The third-order valence-electron chi connectivity index (χ3n) is 3.36. The van der Waals surface area contributed by atoms with Crippen molar-refractivity contribution in [3.8, 4) is 0 Å². The highest BCUT2D eigenvalue weighted by Gasteiger charge is 2.18. The largest absolute Gasteiger partial charge is 0.381 e. The van der Waals surface area contributed by atoms with E-state index in [2.05, 4.69) is 5.32 Å². The Morgan fingerprint density at radius 1 is 1.44 bits per heavy atom. The van der Waals surface area contributed by atoms with Crippen LogP contribution in [-0.2, 0) is 4.74 Å². The van der Waals surface area contributed by atoms with Crippen LogP contribution >= 0.6 is 0 Å². The summed E-state index contributed by atoms with van der Waals surface area (Å²) in [7, 11) is 0. The minimum Gasteiger partial charge on any atom is -0.381 e. The number of hydrogen-bond acceptors (Lipinski definition) is 4. The number of aryl methyl sites for hydroxylation is 1. The maximum atomic E-state index is 11.0. The Hall–Kier alpha value is -1.62. The summed E-state index contributed by atoms with van der Waals surface area (Å²) in [5.41, 5.74) is 1.72. The minimum atomic E-state index is -0.334. The second-order valence-electron chi connectivity index (χ2n) is 4.66. The first-order chi connectivity index (χ1) is 8.68. The Morgan fingerprint density at radius 2 is 2.17 bits per heavy atom. The summed E-state index contributed by atoms with van der Waals surface area (Å²) >= 11 is 0. The molecule has 1 aliphatic rings. The van der Waals surface area contributed by atoms with Gasteiger partial charge in [0.1, 0.15) is 5.69 Å². The maximum Gasteiger partial charge on any atom is 0.292 e. The molecule has 0 saturated carbocycles. The van der Waals surface area contributed by atoms with Gasteiger partial charge in [-0.25, -0.2) is 0 Å². The van der Waals surface area contributed by atoms with Crippen LogP contribution in [0.25, 0.3) is 0 Å². The van der Waals surface area contributed by atoms with Crippen molar-refractivity contribution in [1.82, 2.24) is 0 Å². The monoisotopic (exact) mass is 250 g/mol. The molecule has 5 nitrogen and oxygen atoms in total. The molecule has 0 spiro atoms. The summed E-state index contributed by atoms with van der Waals surface area (Å²) in [4.78, 5) is 10.6. The molecule has 0 bridgehead atoms. The third-order valence-corrected chi connectivity index (χ3v) is 3.36. The van der Waals surface area contributed by atoms with Gasteiger partial charge in [0.25, 0.3) is 5.69 Å². The van der Waals surface area contributed by atoms with Gasteiger partial charge in [0.05, 0.1) is 4.92 Å². The van der Waals surface area contributed by atoms with Crippen molar-refractivity contribution in [2.45, 2.75) is 19.8 Å². The first-order valence-electron chi connectivity index (χ1n) is 6.24. The Morgan fingerprint density at radius 3 is 2.83 bits per heavy atom. The highest BCUT2D eigenvalue weighted by Crippen LogP contribution is 2.28. The number of hydrogen-bond donors (Lipinski definition) is 1. The smallest absolute Gasteiger partial charge is 0.292 e. The molecule has 0 atom stereocenters. The van der Waals surface area contributed by atoms with Gasteiger partial charge in [-0.1, -0.05) is 12.1 Å². The maximum absolute atomic E-state index is 11.0. The first-order valence-corrected chi connectivity index (χ1v) is 6.24. The van der Waals surface area contributed by atoms with Gasteiger partial charge in [-0.2, -0.15) is 0 Å². The lowest BCUT2D eigenvalue weighted by Crippen LogP contribution is -2.23. The van der Waals surface area contributed by atoms with E-state index in [0.29, 0.717) is 11.6 Å². The van der Waals surface area contributed by atoms with E-state index in [1.165, 1.54) is 0 Å². The highest BCUT2D eigenvalue weighted by atomic mass is 16.6. The molecule has 0 aromatic heterocycles. The van der Waals surface area contributed by atoms with E-state index in [9.17, 15) is 10.1 Å². The molecular weight excluding hydrogens is 232 g/mol. The van der Waals surface area contributed by atoms with E-state index in [4.69, 9.17) is 4.74 Å². The van der Waals surface area contributed by atoms with E-state index in [-0.39, 0.29) is 10.6 Å². The van der Waals surface area contributed by atoms with Crippen molar-refractivity contribution in [2.75, 3.05) is 25.1 Å². The number of rotatable bonds is 4. The van der Waals surface area contributed by atoms with Crippen LogP contribution < -0.4 is 5.32 Å². The Bertz CT molecular complexity index is 428. The van der Waals surface area contributed by atoms with Crippen molar-refractivity contribution in [3.63, 3.8) is 0 Å². The normalized spacial score (nSPS) is 16.5. The van der Waals surface area contributed by atoms with E-state index in [1.807, 2.05) is 13.0 Å². The number of ether oxygens (including phenoxy) is 1. The molecule has 0 radical (unpaired) electrons. The number of nitrogens with one attached hydrogen (secondary N) is 1. The van der Waals surface area contributed by atoms with Gasteiger partial charge in [0.2, 0.25) is 0 Å². The lowest BCUT2D eigenvalue weighted by molar-refractivity contribution is -0.384. The van der Waals surface area contributed by atoms with Crippen LogP contribution in [0, 0.1) is 23.0 Å². The SMILES string of the molecule is Cc1cccc([N+](=O)[O-])c1NCC1CCOCC1. The highest BCUT2D eigenvalue weighted by molar-refractivity contribution is 5.65. The number of nitro groups is 1. The average molecular weight is 250 g/mol. The lowest BCUT2D eigenvalue weighted by Gasteiger charge is -2.23. The van der Waals surface area contributed by atoms with Gasteiger partial charge in [-0.15, -0.1) is 0 Å². The summed E-state index contributed by atoms with van der Waals surface area (Å²) in [5, 5.41) is 14.2. The molecule has 1 aliphatic heterocycles. The second kappa shape index (κ2) is 5.82. The molecule has 1 saturated heterocycles. The second-order valence-corrected chi connectivity index (χ2v) is 4.66. The Balaban J connectivity index is 2.05. The van der Waals surface area contributed by atoms with Crippen molar-refractivity contribution in [2.24, 2.45) is 5.92 Å². The zero-order valence-corrected chi connectivity index (χ0v) is 10.5. The van der Waals surface area contributed by atoms with Gasteiger partial charge < -0.3 is 10.1 Å². The lowest BCUT2D eigenvalue weighted by atomic mass is 10.00. The summed E-state index contributed by atoms with van der Waals surface area (Å²) in [6.07, 6.45) is 2.04. The Labute approximate surface area is 106 Å². The molecule has 1 aromatic carbocycles. The predicted molar refractivity (Wildman–Crippen MR) is 69.9 cm³/mol. The standard InChI is InChI=1S/C13H18N2O3/c1-10-3-2-4-12(15(16)17)13(10)14-9-11-5-7-18-8-6-11/h2-4,11,14H,5-9H2,1H3. The van der Waals surface area contributed by atoms with E-state index < -0.39 is 0 Å². The van der Waals surface area contributed by atoms with Crippen molar-refractivity contribution in [1.29, 1.82) is 0 Å². The summed E-state index contributed by atoms with van der Waals surface area (Å²) in [5.74, 6) is 0.540. The quantitative estimate of drug-likeness (QED) is 0.659. The van der Waals surface area contributed by atoms with Gasteiger partial charge in [0.15, 0.2) is 0 Å². The molecule has 0 unspecified atom stereocenters. The van der Waals surface area contributed by atoms with Crippen LogP contribution in [0.4, 0.5) is 11.4 Å². The zero-order chi connectivity index (χ0) is 13.0. The summed E-state index contributed by atoms with van der Waals surface area (Å²) < 4.78 is 5.30. The van der Waals surface area contributed by atoms with E-state index in [0.717, 1.165) is 38.2 Å². The molecule has 1 aromatic rings. The number of nitro benzene ring substituents is 1. The van der Waals surface area contributed by atoms with Crippen LogP contribution in [0.3, 0.4) is 0 Å². The topological polar surface area (TPSA) is 64.4 Å². The van der Waals surface area contributed by atoms with Crippen molar-refractivity contribution < 1.29 is 9.66 Å². The zero-order valence-electron chi connectivity index (χ0n) is 10.5. The molecule has 5 heteroatoms. The fourth-order valence-electron chi connectivity index (χ4n) is 2.23. The number of para-hydroxylation sites is 1. The predicted octanol–water partition coefficient (Wildman–Crippen LogP) is 2.74. The molecular formula is C13H18N2O3. The van der Waals surface area contributed by atoms with E-state index >= 15 is 0 Å². The third kappa shape index (κ3) is 2.98. The number of nitrogens with zero attached hydrogens (tertiary/aromatic N) is 1. The van der Waals surface area contributed by atoms with Crippen molar-refractivity contribution in [3.05, 3.63) is 33.9 Å². The molecule has 18 heavy (non-hydrogen) atoms. The molecule has 1 fully saturated rings. The van der Waals surface area contributed by atoms with Crippen LogP contribution in [-0.4, -0.2) is 24.7 Å². The van der Waals surface area contributed by atoms with Gasteiger partial charge >= 0.3 is 0 Å². The van der Waals surface area contributed by atoms with E-state index in [1.54, 1.807) is 12.1 Å². The molecule has 1 N–H and O–H groups in total. The first kappa shape index (κ1) is 12.8. The minimum absolute atomic E-state index is 0.155. The summed E-state index contributed by atoms with van der Waals surface area (Å²) in [6.45, 7) is 4.25. The van der Waals surface area contributed by atoms with Gasteiger partial charge in [-0.3, -0.25) is 10.1 Å².